The molecule has 1 N–H and O–H groups in total. The maximum absolute atomic E-state index is 12.8. The third-order valence-corrected chi connectivity index (χ3v) is 5.63. The van der Waals surface area contributed by atoms with Crippen LogP contribution >= 0.6 is 11.3 Å². The molecule has 1 unspecified atom stereocenters. The molecule has 7 nitrogen and oxygen atoms in total. The van der Waals surface area contributed by atoms with Crippen LogP contribution in [0.5, 0.6) is 11.5 Å². The number of rotatable bonds is 5. The van der Waals surface area contributed by atoms with Crippen molar-refractivity contribution in [1.29, 1.82) is 0 Å². The second-order valence-corrected chi connectivity index (χ2v) is 7.34. The Bertz CT molecular complexity index is 936. The summed E-state index contributed by atoms with van der Waals surface area (Å²) in [5.74, 6) is -0.500. The van der Waals surface area contributed by atoms with Gasteiger partial charge in [-0.2, -0.15) is 0 Å². The number of carbonyl (C=O) groups excluding carboxylic acids is 2. The monoisotopic (exact) mass is 401 g/mol. The Morgan fingerprint density at radius 3 is 2.75 bits per heavy atom. The molecular formula is C20H19NO6S. The van der Waals surface area contributed by atoms with E-state index in [1.807, 2.05) is 17.5 Å². The molecule has 2 aliphatic heterocycles. The molecule has 2 aliphatic rings. The van der Waals surface area contributed by atoms with Crippen LogP contribution in [0.4, 0.5) is 0 Å². The minimum absolute atomic E-state index is 0.0697. The molecule has 1 saturated heterocycles. The van der Waals surface area contributed by atoms with E-state index in [0.717, 1.165) is 4.88 Å². The quantitative estimate of drug-likeness (QED) is 0.471. The van der Waals surface area contributed by atoms with Crippen LogP contribution in [0.2, 0.25) is 0 Å². The highest BCUT2D eigenvalue weighted by Crippen LogP contribution is 2.42. The molecule has 1 fully saturated rings. The van der Waals surface area contributed by atoms with E-state index in [4.69, 9.17) is 14.2 Å². The summed E-state index contributed by atoms with van der Waals surface area (Å²) in [6, 6.07) is 8.00. The van der Waals surface area contributed by atoms with E-state index in [1.54, 1.807) is 18.2 Å². The van der Waals surface area contributed by atoms with Gasteiger partial charge in [-0.05, 0) is 29.6 Å². The number of aliphatic hydroxyl groups excluding tert-OH is 1. The largest absolute Gasteiger partial charge is 0.507 e. The van der Waals surface area contributed by atoms with Gasteiger partial charge in [-0.1, -0.05) is 6.07 Å². The van der Waals surface area contributed by atoms with E-state index in [-0.39, 0.29) is 17.9 Å². The summed E-state index contributed by atoms with van der Waals surface area (Å²) in [4.78, 5) is 27.7. The van der Waals surface area contributed by atoms with Gasteiger partial charge in [0.2, 0.25) is 0 Å². The Labute approximate surface area is 165 Å². The fraction of sp³-hybridized carbons (Fsp3) is 0.300. The molecular weight excluding hydrogens is 382 g/mol. The van der Waals surface area contributed by atoms with Gasteiger partial charge in [-0.3, -0.25) is 9.59 Å². The second kappa shape index (κ2) is 7.65. The van der Waals surface area contributed by atoms with Crippen LogP contribution in [0, 0.1) is 0 Å². The van der Waals surface area contributed by atoms with Crippen LogP contribution in [0.25, 0.3) is 5.76 Å². The van der Waals surface area contributed by atoms with Crippen LogP contribution in [-0.4, -0.2) is 55.2 Å². The lowest BCUT2D eigenvalue weighted by Gasteiger charge is -2.24. The number of ether oxygens (including phenoxy) is 3. The summed E-state index contributed by atoms with van der Waals surface area (Å²) in [5, 5.41) is 12.9. The topological polar surface area (TPSA) is 85.3 Å². The Morgan fingerprint density at radius 1 is 1.25 bits per heavy atom. The molecule has 1 aromatic heterocycles. The molecule has 28 heavy (non-hydrogen) atoms. The second-order valence-electron chi connectivity index (χ2n) is 6.36. The molecule has 8 heteroatoms. The summed E-state index contributed by atoms with van der Waals surface area (Å²) >= 11 is 1.42. The van der Waals surface area contributed by atoms with Crippen molar-refractivity contribution < 1.29 is 28.9 Å². The lowest BCUT2D eigenvalue weighted by atomic mass is 9.99. The van der Waals surface area contributed by atoms with E-state index in [2.05, 4.69) is 0 Å². The lowest BCUT2D eigenvalue weighted by molar-refractivity contribution is -0.140. The number of ketones is 1. The number of thiophene rings is 1. The molecule has 0 saturated carbocycles. The predicted octanol–water partition coefficient (Wildman–Crippen LogP) is 2.59. The average Bonchev–Trinajstić information content (AvgIpc) is 3.33. The molecule has 2 aromatic rings. The van der Waals surface area contributed by atoms with E-state index in [1.165, 1.54) is 23.3 Å². The first kappa shape index (κ1) is 18.5. The van der Waals surface area contributed by atoms with Crippen LogP contribution < -0.4 is 9.47 Å². The standard InChI is InChI=1S/C20H19NO6S/c1-25-7-6-21-17(15-3-2-10-28-15)16(19(23)20(21)24)18(22)12-4-5-13-14(11-12)27-9-8-26-13/h2-5,10-11,17,22H,6-9H2,1H3/b18-16+. The Kier molecular flexibility index (Phi) is 5.06. The van der Waals surface area contributed by atoms with Gasteiger partial charge in [-0.25, -0.2) is 0 Å². The maximum Gasteiger partial charge on any atom is 0.295 e. The Morgan fingerprint density at radius 2 is 2.04 bits per heavy atom. The number of hydrogen-bond acceptors (Lipinski definition) is 7. The van der Waals surface area contributed by atoms with Crippen molar-refractivity contribution in [2.45, 2.75) is 6.04 Å². The Balaban J connectivity index is 1.80. The van der Waals surface area contributed by atoms with Gasteiger partial charge in [0.25, 0.3) is 11.7 Å². The highest BCUT2D eigenvalue weighted by molar-refractivity contribution is 7.10. The third kappa shape index (κ3) is 3.14. The first-order valence-electron chi connectivity index (χ1n) is 8.82. The lowest BCUT2D eigenvalue weighted by Crippen LogP contribution is -2.32. The van der Waals surface area contributed by atoms with Crippen molar-refractivity contribution in [3.63, 3.8) is 0 Å². The zero-order chi connectivity index (χ0) is 19.7. The number of likely N-dealkylation sites (tertiary alicyclic amines) is 1. The number of aliphatic hydroxyl groups is 1. The highest BCUT2D eigenvalue weighted by Gasteiger charge is 2.46. The minimum atomic E-state index is -0.707. The first-order chi connectivity index (χ1) is 13.6. The summed E-state index contributed by atoms with van der Waals surface area (Å²) in [6.45, 7) is 1.41. The van der Waals surface area contributed by atoms with Crippen LogP contribution in [0.3, 0.4) is 0 Å². The van der Waals surface area contributed by atoms with Gasteiger partial charge >= 0.3 is 0 Å². The highest BCUT2D eigenvalue weighted by atomic mass is 32.1. The van der Waals surface area contributed by atoms with Gasteiger partial charge in [0.15, 0.2) is 11.5 Å². The summed E-state index contributed by atoms with van der Waals surface area (Å²) in [6.07, 6.45) is 0. The molecule has 0 bridgehead atoms. The number of nitrogens with zero attached hydrogens (tertiary/aromatic N) is 1. The number of Topliss-reactive ketones (excluding diaryl/α,β-unsaturated/α-hetero) is 1. The van der Waals surface area contributed by atoms with Crippen molar-refractivity contribution in [3.8, 4) is 11.5 Å². The van der Waals surface area contributed by atoms with Crippen molar-refractivity contribution in [3.05, 3.63) is 51.7 Å². The minimum Gasteiger partial charge on any atom is -0.507 e. The van der Waals surface area contributed by atoms with E-state index in [0.29, 0.717) is 36.9 Å². The number of fused-ring (bicyclic) bond motifs is 1. The predicted molar refractivity (Wildman–Crippen MR) is 103 cm³/mol. The summed E-state index contributed by atoms with van der Waals surface area (Å²) < 4.78 is 16.1. The fourth-order valence-electron chi connectivity index (χ4n) is 3.39. The fourth-order valence-corrected chi connectivity index (χ4v) is 4.23. The van der Waals surface area contributed by atoms with Gasteiger partial charge < -0.3 is 24.2 Å². The molecule has 1 aromatic carbocycles. The van der Waals surface area contributed by atoms with Crippen LogP contribution in [0.1, 0.15) is 16.5 Å². The summed E-state index contributed by atoms with van der Waals surface area (Å²) in [5.41, 5.74) is 0.468. The van der Waals surface area contributed by atoms with Gasteiger partial charge in [-0.15, -0.1) is 11.3 Å². The Hall–Kier alpha value is -2.84. The van der Waals surface area contributed by atoms with E-state index >= 15 is 0 Å². The molecule has 3 heterocycles. The zero-order valence-corrected chi connectivity index (χ0v) is 16.0. The van der Waals surface area contributed by atoms with Crippen molar-refractivity contribution >= 4 is 28.8 Å². The van der Waals surface area contributed by atoms with Crippen molar-refractivity contribution in [1.82, 2.24) is 4.90 Å². The molecule has 0 spiro atoms. The van der Waals surface area contributed by atoms with Crippen LogP contribution in [-0.2, 0) is 14.3 Å². The smallest absolute Gasteiger partial charge is 0.295 e. The number of benzene rings is 1. The first-order valence-corrected chi connectivity index (χ1v) is 9.70. The van der Waals surface area contributed by atoms with Gasteiger partial charge in [0.05, 0.1) is 18.2 Å². The number of carbonyl (C=O) groups is 2. The zero-order valence-electron chi connectivity index (χ0n) is 15.2. The van der Waals surface area contributed by atoms with E-state index in [9.17, 15) is 14.7 Å². The molecule has 1 amide bonds. The SMILES string of the molecule is COCCN1C(=O)C(=O)/C(=C(/O)c2ccc3c(c2)OCCO3)C1c1cccs1. The maximum atomic E-state index is 12.8. The van der Waals surface area contributed by atoms with Crippen LogP contribution in [0.15, 0.2) is 41.3 Å². The molecule has 1 atom stereocenters. The van der Waals surface area contributed by atoms with E-state index < -0.39 is 17.7 Å². The van der Waals surface area contributed by atoms with Crippen molar-refractivity contribution in [2.75, 3.05) is 33.5 Å². The van der Waals surface area contributed by atoms with Crippen molar-refractivity contribution in [2.24, 2.45) is 0 Å². The number of methoxy groups -OCH3 is 1. The number of amides is 1. The number of hydrogen-bond donors (Lipinski definition) is 1. The normalized spacial score (nSPS) is 20.6. The van der Waals surface area contributed by atoms with Gasteiger partial charge in [0.1, 0.15) is 19.0 Å². The molecule has 0 aliphatic carbocycles. The molecule has 146 valence electrons. The molecule has 0 radical (unpaired) electrons. The average molecular weight is 401 g/mol. The molecule has 4 rings (SSSR count). The summed E-state index contributed by atoms with van der Waals surface area (Å²) in [7, 11) is 1.53. The van der Waals surface area contributed by atoms with Gasteiger partial charge in [0, 0.05) is 24.1 Å². The third-order valence-electron chi connectivity index (χ3n) is 4.70.